The Kier molecular flexibility index (Phi) is 10.4. The number of nitrogens with zero attached hydrogens (tertiary/aromatic N) is 6. The van der Waals surface area contributed by atoms with Gasteiger partial charge in [0, 0.05) is 78.9 Å². The van der Waals surface area contributed by atoms with E-state index in [-0.39, 0.29) is 11.9 Å². The third-order valence-electron chi connectivity index (χ3n) is 9.97. The van der Waals surface area contributed by atoms with Gasteiger partial charge >= 0.3 is 0 Å². The van der Waals surface area contributed by atoms with E-state index in [1.54, 1.807) is 31.9 Å². The zero-order chi connectivity index (χ0) is 36.6. The molecule has 1 aliphatic carbocycles. The highest BCUT2D eigenvalue weighted by Crippen LogP contribution is 2.42. The van der Waals surface area contributed by atoms with Gasteiger partial charge in [-0.25, -0.2) is 14.5 Å². The van der Waals surface area contributed by atoms with E-state index in [0.29, 0.717) is 87.6 Å². The summed E-state index contributed by atoms with van der Waals surface area (Å²) < 4.78 is 13.1. The van der Waals surface area contributed by atoms with E-state index in [0.717, 1.165) is 42.6 Å². The highest BCUT2D eigenvalue weighted by atomic mass is 35.5. The Hall–Kier alpha value is -4.33. The number of piperidine rings is 1. The zero-order valence-corrected chi connectivity index (χ0v) is 31.1. The second kappa shape index (κ2) is 15.0. The van der Waals surface area contributed by atoms with Gasteiger partial charge in [-0.3, -0.25) is 9.78 Å². The van der Waals surface area contributed by atoms with Gasteiger partial charge in [-0.15, -0.1) is 5.10 Å². The second-order valence-corrected chi connectivity index (χ2v) is 14.5. The van der Waals surface area contributed by atoms with Gasteiger partial charge in [-0.2, -0.15) is 0 Å². The van der Waals surface area contributed by atoms with Crippen molar-refractivity contribution < 1.29 is 19.4 Å². The number of rotatable bonds is 11. The first-order valence-corrected chi connectivity index (χ1v) is 18.1. The standard InChI is InChI=1S/C38H42Cl2N8O4/c1-22(49)47-14-11-25(12-15-47)42-19-23-8-9-30(44-37(23)52-4)29-7-5-6-27(33(29)39)28-10-13-41-35(34(28)40)24-16-31(51-3)36-45-32(46-48(36)21-24)20-43-26-17-38(2,50)18-26/h5-10,13,16,21,25-26,42-43,50H,11-12,14-15,17-20H2,1-4H3/t26-,38+. The Labute approximate surface area is 312 Å². The minimum atomic E-state index is -0.611. The van der Waals surface area contributed by atoms with Crippen LogP contribution < -0.4 is 20.1 Å². The summed E-state index contributed by atoms with van der Waals surface area (Å²) in [5.41, 5.74) is 4.98. The van der Waals surface area contributed by atoms with Crippen LogP contribution in [0.15, 0.2) is 54.9 Å². The number of aliphatic hydroxyl groups is 1. The number of fused-ring (bicyclic) bond motifs is 1. The molecule has 3 N–H and O–H groups in total. The number of benzene rings is 1. The number of pyridine rings is 3. The van der Waals surface area contributed by atoms with Crippen LogP contribution in [-0.2, 0) is 17.9 Å². The first-order chi connectivity index (χ1) is 25.0. The largest absolute Gasteiger partial charge is 0.493 e. The summed E-state index contributed by atoms with van der Waals surface area (Å²) in [4.78, 5) is 27.7. The summed E-state index contributed by atoms with van der Waals surface area (Å²) in [5, 5.41) is 22.7. The fourth-order valence-corrected chi connectivity index (χ4v) is 7.76. The van der Waals surface area contributed by atoms with Crippen LogP contribution in [0.1, 0.15) is 50.9 Å². The number of carbonyl (C=O) groups is 1. The van der Waals surface area contributed by atoms with E-state index in [1.807, 2.05) is 60.5 Å². The summed E-state index contributed by atoms with van der Waals surface area (Å²) in [5.74, 6) is 1.78. The third-order valence-corrected chi connectivity index (χ3v) is 10.8. The highest BCUT2D eigenvalue weighted by Gasteiger charge is 2.38. The summed E-state index contributed by atoms with van der Waals surface area (Å²) in [6.07, 6.45) is 6.74. The molecule has 0 spiro atoms. The molecule has 0 bridgehead atoms. The first kappa shape index (κ1) is 36.0. The summed E-state index contributed by atoms with van der Waals surface area (Å²) >= 11 is 14.2. The van der Waals surface area contributed by atoms with Crippen LogP contribution in [0.2, 0.25) is 10.0 Å². The Morgan fingerprint density at radius 1 is 0.962 bits per heavy atom. The third kappa shape index (κ3) is 7.44. The van der Waals surface area contributed by atoms with Crippen molar-refractivity contribution in [1.29, 1.82) is 0 Å². The lowest BCUT2D eigenvalue weighted by molar-refractivity contribution is -0.129. The molecule has 2 aliphatic rings. The monoisotopic (exact) mass is 744 g/mol. The smallest absolute Gasteiger partial charge is 0.219 e. The van der Waals surface area contributed by atoms with Gasteiger partial charge in [-0.1, -0.05) is 47.5 Å². The molecule has 52 heavy (non-hydrogen) atoms. The first-order valence-electron chi connectivity index (χ1n) is 17.4. The number of halogens is 2. The zero-order valence-electron chi connectivity index (χ0n) is 29.6. The van der Waals surface area contributed by atoms with Gasteiger partial charge in [0.15, 0.2) is 17.2 Å². The normalized spacial score (nSPS) is 19.1. The molecule has 1 aliphatic heterocycles. The summed E-state index contributed by atoms with van der Waals surface area (Å²) in [6.45, 7) is 6.05. The number of ether oxygens (including phenoxy) is 2. The van der Waals surface area contributed by atoms with Crippen molar-refractivity contribution in [2.45, 2.75) is 70.3 Å². The predicted molar refractivity (Wildman–Crippen MR) is 201 cm³/mol. The van der Waals surface area contributed by atoms with Crippen molar-refractivity contribution in [2.24, 2.45) is 0 Å². The number of hydrogen-bond donors (Lipinski definition) is 3. The van der Waals surface area contributed by atoms with Crippen molar-refractivity contribution in [2.75, 3.05) is 27.3 Å². The highest BCUT2D eigenvalue weighted by molar-refractivity contribution is 6.39. The molecule has 7 rings (SSSR count). The Balaban J connectivity index is 1.12. The van der Waals surface area contributed by atoms with Crippen molar-refractivity contribution in [3.63, 3.8) is 0 Å². The van der Waals surface area contributed by atoms with E-state index < -0.39 is 5.60 Å². The number of carbonyl (C=O) groups excluding carboxylic acids is 1. The molecule has 0 atom stereocenters. The van der Waals surface area contributed by atoms with Crippen molar-refractivity contribution in [3.05, 3.63) is 76.3 Å². The molecule has 12 nitrogen and oxygen atoms in total. The second-order valence-electron chi connectivity index (χ2n) is 13.8. The number of amides is 1. The van der Waals surface area contributed by atoms with E-state index in [2.05, 4.69) is 25.7 Å². The molecule has 0 unspecified atom stereocenters. The van der Waals surface area contributed by atoms with Crippen LogP contribution in [0.25, 0.3) is 39.3 Å². The molecule has 4 aromatic heterocycles. The molecule has 2 fully saturated rings. The number of methoxy groups -OCH3 is 2. The SMILES string of the molecule is COc1nc(-c2cccc(-c3ccnc(-c4cc(OC)c5nc(CN[C@H]6C[C@@](C)(O)C6)nn5c4)c3Cl)c2Cl)ccc1CNC1CCN(C(C)=O)CC1. The van der Waals surface area contributed by atoms with Gasteiger partial charge in [0.2, 0.25) is 11.8 Å². The molecule has 1 saturated heterocycles. The lowest BCUT2D eigenvalue weighted by Crippen LogP contribution is -2.51. The molecule has 5 heterocycles. The number of nitrogens with one attached hydrogen (secondary N) is 2. The van der Waals surface area contributed by atoms with E-state index >= 15 is 0 Å². The van der Waals surface area contributed by atoms with Crippen LogP contribution in [0.5, 0.6) is 11.6 Å². The maximum Gasteiger partial charge on any atom is 0.219 e. The minimum Gasteiger partial charge on any atom is -0.493 e. The average molecular weight is 746 g/mol. The van der Waals surface area contributed by atoms with Crippen LogP contribution in [0.3, 0.4) is 0 Å². The molecular weight excluding hydrogens is 703 g/mol. The maximum absolute atomic E-state index is 11.7. The fourth-order valence-electron chi connectivity index (χ4n) is 7.11. The molecule has 14 heteroatoms. The molecular formula is C38H42Cl2N8O4. The number of aromatic nitrogens is 5. The van der Waals surface area contributed by atoms with E-state index in [4.69, 9.17) is 37.7 Å². The lowest BCUT2D eigenvalue weighted by Gasteiger charge is -2.41. The lowest BCUT2D eigenvalue weighted by atomic mass is 9.77. The Morgan fingerprint density at radius 2 is 1.69 bits per heavy atom. The maximum atomic E-state index is 11.7. The quantitative estimate of drug-likeness (QED) is 0.149. The van der Waals surface area contributed by atoms with Gasteiger partial charge < -0.3 is 30.1 Å². The van der Waals surface area contributed by atoms with Crippen molar-refractivity contribution in [1.82, 2.24) is 40.1 Å². The average Bonchev–Trinajstić information content (AvgIpc) is 3.55. The Bertz CT molecular complexity index is 2110. The molecule has 1 amide bonds. The van der Waals surface area contributed by atoms with Crippen molar-refractivity contribution in [3.8, 4) is 45.3 Å². The Morgan fingerprint density at radius 3 is 2.40 bits per heavy atom. The van der Waals surface area contributed by atoms with Crippen LogP contribution in [-0.4, -0.2) is 85.5 Å². The van der Waals surface area contributed by atoms with E-state index in [1.165, 1.54) is 0 Å². The predicted octanol–water partition coefficient (Wildman–Crippen LogP) is 5.95. The number of hydrogen-bond acceptors (Lipinski definition) is 10. The molecule has 272 valence electrons. The van der Waals surface area contributed by atoms with E-state index in [9.17, 15) is 9.90 Å². The minimum absolute atomic E-state index is 0.125. The molecule has 0 radical (unpaired) electrons. The fraction of sp³-hybridized carbons (Fsp3) is 0.395. The van der Waals surface area contributed by atoms with Gasteiger partial charge in [0.1, 0.15) is 0 Å². The van der Waals surface area contributed by atoms with Crippen LogP contribution in [0.4, 0.5) is 0 Å². The van der Waals surface area contributed by atoms with Gasteiger partial charge in [-0.05, 0) is 50.8 Å². The van der Waals surface area contributed by atoms with Gasteiger partial charge in [0.25, 0.3) is 0 Å². The molecule has 1 aromatic carbocycles. The topological polar surface area (TPSA) is 139 Å². The van der Waals surface area contributed by atoms with Gasteiger partial charge in [0.05, 0.1) is 47.8 Å². The summed E-state index contributed by atoms with van der Waals surface area (Å²) in [7, 11) is 3.20. The number of likely N-dealkylation sites (tertiary alicyclic amines) is 1. The van der Waals surface area contributed by atoms with Crippen molar-refractivity contribution >= 4 is 34.8 Å². The molecule has 5 aromatic rings. The van der Waals surface area contributed by atoms with Crippen LogP contribution >= 0.6 is 23.2 Å². The molecule has 1 saturated carbocycles. The van der Waals surface area contributed by atoms with Crippen LogP contribution in [0, 0.1) is 0 Å². The summed E-state index contributed by atoms with van der Waals surface area (Å²) in [6, 6.07) is 14.0.